The van der Waals surface area contributed by atoms with Gasteiger partial charge >= 0.3 is 0 Å². The first-order valence-corrected chi connectivity index (χ1v) is 8.57. The SMILES string of the molecule is COc1ccc(C(=O)N/N=C/c2ccc(-c3ccc(I)cc3)o2)cc1. The molecule has 2 aromatic carbocycles. The van der Waals surface area contributed by atoms with E-state index < -0.39 is 0 Å². The molecule has 5 nitrogen and oxygen atoms in total. The van der Waals surface area contributed by atoms with Gasteiger partial charge in [-0.15, -0.1) is 0 Å². The molecule has 1 amide bonds. The maximum Gasteiger partial charge on any atom is 0.271 e. The van der Waals surface area contributed by atoms with Crippen LogP contribution in [-0.2, 0) is 0 Å². The van der Waals surface area contributed by atoms with Crippen molar-refractivity contribution in [1.82, 2.24) is 5.43 Å². The van der Waals surface area contributed by atoms with E-state index in [9.17, 15) is 4.79 Å². The standard InChI is InChI=1S/C19H15IN2O3/c1-24-16-8-4-14(5-9-16)19(23)22-21-12-17-10-11-18(25-17)13-2-6-15(20)7-3-13/h2-12H,1H3,(H,22,23)/b21-12+. The largest absolute Gasteiger partial charge is 0.497 e. The summed E-state index contributed by atoms with van der Waals surface area (Å²) in [5, 5.41) is 3.93. The topological polar surface area (TPSA) is 63.8 Å². The molecule has 0 saturated heterocycles. The molecule has 126 valence electrons. The van der Waals surface area contributed by atoms with Crippen LogP contribution in [0.2, 0.25) is 0 Å². The van der Waals surface area contributed by atoms with Crippen LogP contribution in [0.4, 0.5) is 0 Å². The number of amides is 1. The molecular formula is C19H15IN2O3. The number of hydrogen-bond donors (Lipinski definition) is 1. The molecule has 1 N–H and O–H groups in total. The van der Waals surface area contributed by atoms with E-state index in [1.54, 1.807) is 37.4 Å². The van der Waals surface area contributed by atoms with Crippen LogP contribution in [0.1, 0.15) is 16.1 Å². The van der Waals surface area contributed by atoms with Crippen molar-refractivity contribution in [3.8, 4) is 17.1 Å². The van der Waals surface area contributed by atoms with Crippen LogP contribution in [0.25, 0.3) is 11.3 Å². The van der Waals surface area contributed by atoms with Crippen molar-refractivity contribution in [2.24, 2.45) is 5.10 Å². The molecule has 0 atom stereocenters. The van der Waals surface area contributed by atoms with Crippen LogP contribution in [0.15, 0.2) is 70.2 Å². The van der Waals surface area contributed by atoms with Gasteiger partial charge in [-0.2, -0.15) is 5.10 Å². The first-order valence-electron chi connectivity index (χ1n) is 7.49. The Balaban J connectivity index is 1.62. The number of nitrogens with zero attached hydrogens (tertiary/aromatic N) is 1. The number of carbonyl (C=O) groups is 1. The summed E-state index contributed by atoms with van der Waals surface area (Å²) in [7, 11) is 1.58. The number of furan rings is 1. The molecular weight excluding hydrogens is 431 g/mol. The minimum Gasteiger partial charge on any atom is -0.497 e. The van der Waals surface area contributed by atoms with Gasteiger partial charge in [0.1, 0.15) is 17.3 Å². The molecule has 0 spiro atoms. The van der Waals surface area contributed by atoms with Gasteiger partial charge in [0.25, 0.3) is 5.91 Å². The zero-order valence-electron chi connectivity index (χ0n) is 13.4. The number of methoxy groups -OCH3 is 1. The van der Waals surface area contributed by atoms with Gasteiger partial charge in [0.2, 0.25) is 0 Å². The Bertz CT molecular complexity index is 884. The zero-order valence-corrected chi connectivity index (χ0v) is 15.6. The van der Waals surface area contributed by atoms with Gasteiger partial charge < -0.3 is 9.15 Å². The van der Waals surface area contributed by atoms with Crippen LogP contribution in [0.5, 0.6) is 5.75 Å². The quantitative estimate of drug-likeness (QED) is 0.361. The molecule has 1 aromatic heterocycles. The number of ether oxygens (including phenoxy) is 1. The predicted molar refractivity (Wildman–Crippen MR) is 105 cm³/mol. The third-order valence-electron chi connectivity index (χ3n) is 3.47. The fraction of sp³-hybridized carbons (Fsp3) is 0.0526. The highest BCUT2D eigenvalue weighted by molar-refractivity contribution is 14.1. The summed E-state index contributed by atoms with van der Waals surface area (Å²) in [5.41, 5.74) is 3.96. The molecule has 0 unspecified atom stereocenters. The first-order chi connectivity index (χ1) is 12.2. The van der Waals surface area contributed by atoms with Crippen molar-refractivity contribution < 1.29 is 13.9 Å². The van der Waals surface area contributed by atoms with E-state index in [4.69, 9.17) is 9.15 Å². The number of halogens is 1. The first kappa shape index (κ1) is 17.2. The lowest BCUT2D eigenvalue weighted by Crippen LogP contribution is -2.17. The lowest BCUT2D eigenvalue weighted by molar-refractivity contribution is 0.0955. The summed E-state index contributed by atoms with van der Waals surface area (Å²) in [4.78, 5) is 12.0. The molecule has 3 rings (SSSR count). The second-order valence-electron chi connectivity index (χ2n) is 5.14. The Labute approximate surface area is 158 Å². The van der Waals surface area contributed by atoms with Crippen molar-refractivity contribution in [1.29, 1.82) is 0 Å². The van der Waals surface area contributed by atoms with Gasteiger partial charge in [-0.25, -0.2) is 5.43 Å². The zero-order chi connectivity index (χ0) is 17.6. The van der Waals surface area contributed by atoms with Crippen molar-refractivity contribution >= 4 is 34.7 Å². The number of benzene rings is 2. The summed E-state index contributed by atoms with van der Waals surface area (Å²) in [6.45, 7) is 0. The van der Waals surface area contributed by atoms with Gasteiger partial charge in [-0.3, -0.25) is 4.79 Å². The molecule has 0 saturated carbocycles. The highest BCUT2D eigenvalue weighted by Crippen LogP contribution is 2.22. The number of rotatable bonds is 5. The minimum atomic E-state index is -0.302. The molecule has 25 heavy (non-hydrogen) atoms. The third-order valence-corrected chi connectivity index (χ3v) is 4.18. The average molecular weight is 446 g/mol. The normalized spacial score (nSPS) is 10.8. The number of nitrogens with one attached hydrogen (secondary N) is 1. The minimum absolute atomic E-state index is 0.302. The van der Waals surface area contributed by atoms with Crippen LogP contribution < -0.4 is 10.2 Å². The van der Waals surface area contributed by atoms with Gasteiger partial charge in [-0.1, -0.05) is 12.1 Å². The van der Waals surface area contributed by atoms with E-state index in [1.165, 1.54) is 6.21 Å². The van der Waals surface area contributed by atoms with Crippen LogP contribution >= 0.6 is 22.6 Å². The molecule has 0 radical (unpaired) electrons. The Morgan fingerprint density at radius 3 is 2.48 bits per heavy atom. The van der Waals surface area contributed by atoms with Crippen LogP contribution in [0.3, 0.4) is 0 Å². The van der Waals surface area contributed by atoms with E-state index >= 15 is 0 Å². The summed E-state index contributed by atoms with van der Waals surface area (Å²) >= 11 is 2.26. The lowest BCUT2D eigenvalue weighted by Gasteiger charge is -2.01. The molecule has 6 heteroatoms. The van der Waals surface area contributed by atoms with Crippen molar-refractivity contribution in [3.63, 3.8) is 0 Å². The van der Waals surface area contributed by atoms with Crippen LogP contribution in [-0.4, -0.2) is 19.2 Å². The van der Waals surface area contributed by atoms with Crippen molar-refractivity contribution in [2.75, 3.05) is 7.11 Å². The second-order valence-corrected chi connectivity index (χ2v) is 6.38. The van der Waals surface area contributed by atoms with E-state index in [0.717, 1.165) is 14.9 Å². The Morgan fingerprint density at radius 1 is 1.08 bits per heavy atom. The molecule has 0 bridgehead atoms. The monoisotopic (exact) mass is 446 g/mol. The van der Waals surface area contributed by atoms with Gasteiger partial charge in [0.15, 0.2) is 0 Å². The van der Waals surface area contributed by atoms with E-state index in [2.05, 4.69) is 33.1 Å². The summed E-state index contributed by atoms with van der Waals surface area (Å²) in [6, 6.07) is 18.5. The maximum atomic E-state index is 12.0. The van der Waals surface area contributed by atoms with Gasteiger partial charge in [-0.05, 0) is 71.1 Å². The molecule has 0 fully saturated rings. The fourth-order valence-electron chi connectivity index (χ4n) is 2.15. The number of carbonyl (C=O) groups excluding carboxylic acids is 1. The summed E-state index contributed by atoms with van der Waals surface area (Å²) in [5.74, 6) is 1.70. The van der Waals surface area contributed by atoms with Gasteiger partial charge in [0, 0.05) is 14.7 Å². The van der Waals surface area contributed by atoms with E-state index in [0.29, 0.717) is 17.1 Å². The highest BCUT2D eigenvalue weighted by Gasteiger charge is 2.05. The van der Waals surface area contributed by atoms with Crippen LogP contribution in [0, 0.1) is 3.57 Å². The molecule has 3 aromatic rings. The molecule has 0 aliphatic carbocycles. The van der Waals surface area contributed by atoms with E-state index in [1.807, 2.05) is 30.3 Å². The lowest BCUT2D eigenvalue weighted by atomic mass is 10.2. The summed E-state index contributed by atoms with van der Waals surface area (Å²) < 4.78 is 11.9. The smallest absolute Gasteiger partial charge is 0.271 e. The van der Waals surface area contributed by atoms with Gasteiger partial charge in [0.05, 0.1) is 13.3 Å². The highest BCUT2D eigenvalue weighted by atomic mass is 127. The maximum absolute atomic E-state index is 12.0. The Kier molecular flexibility index (Phi) is 5.49. The summed E-state index contributed by atoms with van der Waals surface area (Å²) in [6.07, 6.45) is 1.47. The average Bonchev–Trinajstić information content (AvgIpc) is 3.11. The second kappa shape index (κ2) is 7.98. The van der Waals surface area contributed by atoms with Crippen molar-refractivity contribution in [3.05, 3.63) is 75.6 Å². The number of hydrogen-bond acceptors (Lipinski definition) is 4. The molecule has 0 aliphatic heterocycles. The fourth-order valence-corrected chi connectivity index (χ4v) is 2.51. The Morgan fingerprint density at radius 2 is 1.80 bits per heavy atom. The van der Waals surface area contributed by atoms with E-state index in [-0.39, 0.29) is 5.91 Å². The Hall–Kier alpha value is -2.61. The number of hydrazone groups is 1. The third kappa shape index (κ3) is 4.48. The van der Waals surface area contributed by atoms with Crippen molar-refractivity contribution in [2.45, 2.75) is 0 Å². The predicted octanol–water partition coefficient (Wildman–Crippen LogP) is 4.32. The molecule has 1 heterocycles. The molecule has 0 aliphatic rings.